The number of hydrogen-bond acceptors (Lipinski definition) is 4. The summed E-state index contributed by atoms with van der Waals surface area (Å²) in [4.78, 5) is 2.57. The summed E-state index contributed by atoms with van der Waals surface area (Å²) in [6.07, 6.45) is 2.09. The highest BCUT2D eigenvalue weighted by Crippen LogP contribution is 2.18. The SMILES string of the molecule is CCOc1ccc(S(=O)(=O)NCC2CCN(C)CC2)cc1. The molecule has 0 atom stereocenters. The Labute approximate surface area is 127 Å². The van der Waals surface area contributed by atoms with Crippen molar-refractivity contribution >= 4 is 10.0 Å². The molecule has 1 heterocycles. The second-order valence-corrected chi connectivity index (χ2v) is 7.27. The summed E-state index contributed by atoms with van der Waals surface area (Å²) in [5, 5.41) is 0. The van der Waals surface area contributed by atoms with Crippen molar-refractivity contribution in [2.45, 2.75) is 24.7 Å². The first kappa shape index (κ1) is 16.3. The Bertz CT molecular complexity index is 535. The highest BCUT2D eigenvalue weighted by molar-refractivity contribution is 7.89. The van der Waals surface area contributed by atoms with Crippen LogP contribution in [-0.4, -0.2) is 46.6 Å². The summed E-state index contributed by atoms with van der Waals surface area (Å²) in [5.41, 5.74) is 0. The van der Waals surface area contributed by atoms with E-state index in [0.29, 0.717) is 29.7 Å². The zero-order valence-corrected chi connectivity index (χ0v) is 13.5. The van der Waals surface area contributed by atoms with Crippen LogP contribution in [0.4, 0.5) is 0 Å². The van der Waals surface area contributed by atoms with Crippen LogP contribution in [-0.2, 0) is 10.0 Å². The number of hydrogen-bond donors (Lipinski definition) is 1. The van der Waals surface area contributed by atoms with Gasteiger partial charge in [0.1, 0.15) is 5.75 Å². The number of rotatable bonds is 6. The molecule has 118 valence electrons. The summed E-state index contributed by atoms with van der Waals surface area (Å²) in [5.74, 6) is 1.12. The second kappa shape index (κ2) is 7.24. The minimum absolute atomic E-state index is 0.291. The van der Waals surface area contributed by atoms with E-state index in [9.17, 15) is 8.42 Å². The van der Waals surface area contributed by atoms with Gasteiger partial charge < -0.3 is 9.64 Å². The number of likely N-dealkylation sites (tertiary alicyclic amines) is 1. The summed E-state index contributed by atoms with van der Waals surface area (Å²) < 4.78 is 32.5. The van der Waals surface area contributed by atoms with Crippen molar-refractivity contribution < 1.29 is 13.2 Å². The molecule has 0 aromatic heterocycles. The molecule has 0 spiro atoms. The molecule has 2 rings (SSSR count). The Morgan fingerprint density at radius 3 is 2.43 bits per heavy atom. The van der Waals surface area contributed by atoms with E-state index in [1.807, 2.05) is 6.92 Å². The smallest absolute Gasteiger partial charge is 0.240 e. The van der Waals surface area contributed by atoms with Crippen LogP contribution in [0.25, 0.3) is 0 Å². The predicted octanol–water partition coefficient (Wildman–Crippen LogP) is 1.71. The molecule has 0 bridgehead atoms. The van der Waals surface area contributed by atoms with Crippen molar-refractivity contribution in [1.82, 2.24) is 9.62 Å². The molecule has 1 saturated heterocycles. The maximum atomic E-state index is 12.2. The zero-order valence-electron chi connectivity index (χ0n) is 12.7. The lowest BCUT2D eigenvalue weighted by Gasteiger charge is -2.28. The molecule has 0 amide bonds. The van der Waals surface area contributed by atoms with Gasteiger partial charge in [-0.25, -0.2) is 13.1 Å². The lowest BCUT2D eigenvalue weighted by molar-refractivity contribution is 0.220. The Hall–Kier alpha value is -1.11. The molecule has 0 saturated carbocycles. The van der Waals surface area contributed by atoms with E-state index in [2.05, 4.69) is 16.7 Å². The fourth-order valence-corrected chi connectivity index (χ4v) is 3.57. The van der Waals surface area contributed by atoms with Gasteiger partial charge in [-0.1, -0.05) is 0 Å². The molecule has 0 radical (unpaired) electrons. The normalized spacial score (nSPS) is 17.8. The zero-order chi connectivity index (χ0) is 15.3. The van der Waals surface area contributed by atoms with Crippen LogP contribution in [0.1, 0.15) is 19.8 Å². The van der Waals surface area contributed by atoms with Gasteiger partial charge in [0.15, 0.2) is 0 Å². The maximum absolute atomic E-state index is 12.2. The van der Waals surface area contributed by atoms with Gasteiger partial charge in [-0.05, 0) is 70.1 Å². The van der Waals surface area contributed by atoms with Gasteiger partial charge in [0.2, 0.25) is 10.0 Å². The number of sulfonamides is 1. The van der Waals surface area contributed by atoms with Gasteiger partial charge >= 0.3 is 0 Å². The molecule has 1 N–H and O–H groups in total. The number of benzene rings is 1. The van der Waals surface area contributed by atoms with Crippen LogP contribution in [0.3, 0.4) is 0 Å². The quantitative estimate of drug-likeness (QED) is 0.869. The number of piperidine rings is 1. The molecule has 1 aliphatic heterocycles. The van der Waals surface area contributed by atoms with Crippen molar-refractivity contribution in [1.29, 1.82) is 0 Å². The maximum Gasteiger partial charge on any atom is 0.240 e. The van der Waals surface area contributed by atoms with E-state index >= 15 is 0 Å². The van der Waals surface area contributed by atoms with E-state index in [4.69, 9.17) is 4.74 Å². The average molecular weight is 312 g/mol. The van der Waals surface area contributed by atoms with Crippen LogP contribution in [0.5, 0.6) is 5.75 Å². The molecular formula is C15H24N2O3S. The third kappa shape index (κ3) is 4.69. The molecule has 6 heteroatoms. The monoisotopic (exact) mass is 312 g/mol. The third-order valence-corrected chi connectivity index (χ3v) is 5.28. The molecule has 5 nitrogen and oxygen atoms in total. The average Bonchev–Trinajstić information content (AvgIpc) is 2.48. The molecule has 1 aromatic rings. The Kier molecular flexibility index (Phi) is 5.61. The van der Waals surface area contributed by atoms with E-state index in [0.717, 1.165) is 25.9 Å². The van der Waals surface area contributed by atoms with Crippen molar-refractivity contribution in [2.75, 3.05) is 33.3 Å². The number of nitrogens with zero attached hydrogens (tertiary/aromatic N) is 1. The Morgan fingerprint density at radius 1 is 1.24 bits per heavy atom. The number of nitrogens with one attached hydrogen (secondary N) is 1. The Balaban J connectivity index is 1.91. The van der Waals surface area contributed by atoms with Crippen molar-refractivity contribution in [2.24, 2.45) is 5.92 Å². The second-order valence-electron chi connectivity index (χ2n) is 5.50. The van der Waals surface area contributed by atoms with E-state index in [1.165, 1.54) is 0 Å². The first-order chi connectivity index (χ1) is 10.0. The minimum Gasteiger partial charge on any atom is -0.494 e. The summed E-state index contributed by atoms with van der Waals surface area (Å²) >= 11 is 0. The fraction of sp³-hybridized carbons (Fsp3) is 0.600. The van der Waals surface area contributed by atoms with Crippen molar-refractivity contribution in [3.8, 4) is 5.75 Å². The lowest BCUT2D eigenvalue weighted by Crippen LogP contribution is -2.36. The first-order valence-corrected chi connectivity index (χ1v) is 8.90. The third-order valence-electron chi connectivity index (χ3n) is 3.85. The van der Waals surface area contributed by atoms with Gasteiger partial charge in [-0.15, -0.1) is 0 Å². The summed E-state index contributed by atoms with van der Waals surface area (Å²) in [6, 6.07) is 6.55. The van der Waals surface area contributed by atoms with Crippen molar-refractivity contribution in [3.05, 3.63) is 24.3 Å². The van der Waals surface area contributed by atoms with Gasteiger partial charge in [-0.3, -0.25) is 0 Å². The largest absolute Gasteiger partial charge is 0.494 e. The summed E-state index contributed by atoms with van der Waals surface area (Å²) in [7, 11) is -1.33. The van der Waals surface area contributed by atoms with Crippen LogP contribution in [0.2, 0.25) is 0 Å². The first-order valence-electron chi connectivity index (χ1n) is 7.42. The molecular weight excluding hydrogens is 288 g/mol. The standard InChI is InChI=1S/C15H24N2O3S/c1-3-20-14-4-6-15(7-5-14)21(18,19)16-12-13-8-10-17(2)11-9-13/h4-7,13,16H,3,8-12H2,1-2H3. The van der Waals surface area contributed by atoms with Gasteiger partial charge in [-0.2, -0.15) is 0 Å². The lowest BCUT2D eigenvalue weighted by atomic mass is 9.98. The van der Waals surface area contributed by atoms with Gasteiger partial charge in [0.05, 0.1) is 11.5 Å². The minimum atomic E-state index is -3.42. The molecule has 1 aromatic carbocycles. The highest BCUT2D eigenvalue weighted by Gasteiger charge is 2.20. The molecule has 21 heavy (non-hydrogen) atoms. The highest BCUT2D eigenvalue weighted by atomic mass is 32.2. The van der Waals surface area contributed by atoms with Gasteiger partial charge in [0.25, 0.3) is 0 Å². The topological polar surface area (TPSA) is 58.6 Å². The Morgan fingerprint density at radius 2 is 1.86 bits per heavy atom. The van der Waals surface area contributed by atoms with Crippen molar-refractivity contribution in [3.63, 3.8) is 0 Å². The van der Waals surface area contributed by atoms with E-state index in [1.54, 1.807) is 24.3 Å². The van der Waals surface area contributed by atoms with Crippen LogP contribution in [0, 0.1) is 5.92 Å². The molecule has 0 aliphatic carbocycles. The predicted molar refractivity (Wildman–Crippen MR) is 83.0 cm³/mol. The van der Waals surface area contributed by atoms with E-state index < -0.39 is 10.0 Å². The van der Waals surface area contributed by atoms with Gasteiger partial charge in [0, 0.05) is 6.54 Å². The van der Waals surface area contributed by atoms with Crippen LogP contribution in [0.15, 0.2) is 29.2 Å². The molecule has 1 fully saturated rings. The van der Waals surface area contributed by atoms with Crippen LogP contribution >= 0.6 is 0 Å². The summed E-state index contributed by atoms with van der Waals surface area (Å²) in [6.45, 7) is 5.06. The molecule has 0 unspecified atom stereocenters. The van der Waals surface area contributed by atoms with E-state index in [-0.39, 0.29) is 0 Å². The van der Waals surface area contributed by atoms with Crippen LogP contribution < -0.4 is 9.46 Å². The number of ether oxygens (including phenoxy) is 1. The fourth-order valence-electron chi connectivity index (χ4n) is 2.46. The molecule has 1 aliphatic rings.